The van der Waals surface area contributed by atoms with Crippen molar-refractivity contribution in [3.8, 4) is 28.3 Å². The van der Waals surface area contributed by atoms with Crippen LogP contribution in [0.3, 0.4) is 0 Å². The number of tetrazole rings is 1. The highest BCUT2D eigenvalue weighted by molar-refractivity contribution is 5.80. The Morgan fingerprint density at radius 3 is 2.32 bits per heavy atom. The van der Waals surface area contributed by atoms with Crippen LogP contribution in [0.1, 0.15) is 37.3 Å². The van der Waals surface area contributed by atoms with Gasteiger partial charge in [-0.05, 0) is 57.7 Å². The summed E-state index contributed by atoms with van der Waals surface area (Å²) < 4.78 is 0. The van der Waals surface area contributed by atoms with Gasteiger partial charge >= 0.3 is 0 Å². The predicted octanol–water partition coefficient (Wildman–Crippen LogP) is 5.00. The molecule has 0 aliphatic carbocycles. The van der Waals surface area contributed by atoms with Crippen molar-refractivity contribution in [3.63, 3.8) is 0 Å². The molecule has 4 aromatic rings. The van der Waals surface area contributed by atoms with Crippen LogP contribution in [0, 0.1) is 0 Å². The lowest BCUT2D eigenvalue weighted by atomic mass is 9.98. The molecule has 0 bridgehead atoms. The summed E-state index contributed by atoms with van der Waals surface area (Å²) >= 11 is 0. The fourth-order valence-electron chi connectivity index (χ4n) is 3.93. The molecule has 7 heteroatoms. The third-order valence-electron chi connectivity index (χ3n) is 5.87. The maximum atomic E-state index is 12.9. The SMILES string of the molecule is CCCCC(=O)N(CCc1ccc(O)cc1)Cc1ccc(-c2ccccc2-c2nnn[nH]2)cc1. The smallest absolute Gasteiger partial charge is 0.222 e. The molecule has 2 N–H and O–H groups in total. The first-order chi connectivity index (χ1) is 16.6. The van der Waals surface area contributed by atoms with Crippen LogP contribution in [0.25, 0.3) is 22.5 Å². The first kappa shape index (κ1) is 23.2. The van der Waals surface area contributed by atoms with Gasteiger partial charge in [0, 0.05) is 25.1 Å². The van der Waals surface area contributed by atoms with Crippen molar-refractivity contribution < 1.29 is 9.90 Å². The monoisotopic (exact) mass is 455 g/mol. The highest BCUT2D eigenvalue weighted by atomic mass is 16.3. The molecule has 7 nitrogen and oxygen atoms in total. The summed E-state index contributed by atoms with van der Waals surface area (Å²) in [6, 6.07) is 23.5. The molecule has 0 saturated heterocycles. The number of aromatic hydroxyl groups is 1. The third-order valence-corrected chi connectivity index (χ3v) is 5.87. The Labute approximate surface area is 199 Å². The third kappa shape index (κ3) is 5.86. The second-order valence-electron chi connectivity index (χ2n) is 8.33. The molecular weight excluding hydrogens is 426 g/mol. The van der Waals surface area contributed by atoms with Gasteiger partial charge in [0.2, 0.25) is 5.91 Å². The van der Waals surface area contributed by atoms with Crippen molar-refractivity contribution in [2.24, 2.45) is 0 Å². The van der Waals surface area contributed by atoms with Crippen molar-refractivity contribution in [2.45, 2.75) is 39.2 Å². The summed E-state index contributed by atoms with van der Waals surface area (Å²) in [6.07, 6.45) is 3.19. The second kappa shape index (κ2) is 11.2. The summed E-state index contributed by atoms with van der Waals surface area (Å²) in [5, 5.41) is 23.8. The number of hydrogen-bond acceptors (Lipinski definition) is 5. The van der Waals surface area contributed by atoms with Crippen molar-refractivity contribution >= 4 is 5.91 Å². The Kier molecular flexibility index (Phi) is 7.65. The molecule has 0 fully saturated rings. The number of carbonyl (C=O) groups excluding carboxylic acids is 1. The van der Waals surface area contributed by atoms with Crippen molar-refractivity contribution in [1.29, 1.82) is 0 Å². The highest BCUT2D eigenvalue weighted by Crippen LogP contribution is 2.30. The minimum Gasteiger partial charge on any atom is -0.508 e. The van der Waals surface area contributed by atoms with E-state index in [1.807, 2.05) is 41.3 Å². The molecule has 0 aliphatic rings. The van der Waals surface area contributed by atoms with Gasteiger partial charge in [-0.3, -0.25) is 4.79 Å². The van der Waals surface area contributed by atoms with E-state index in [2.05, 4.69) is 51.8 Å². The number of carbonyl (C=O) groups is 1. The minimum absolute atomic E-state index is 0.174. The van der Waals surface area contributed by atoms with Gasteiger partial charge < -0.3 is 10.0 Å². The first-order valence-corrected chi connectivity index (χ1v) is 11.6. The Bertz CT molecular complexity index is 1190. The number of amides is 1. The maximum absolute atomic E-state index is 12.9. The van der Waals surface area contributed by atoms with E-state index in [9.17, 15) is 9.90 Å². The summed E-state index contributed by atoms with van der Waals surface area (Å²) in [7, 11) is 0. The normalized spacial score (nSPS) is 10.9. The Balaban J connectivity index is 1.49. The number of aromatic nitrogens is 4. The molecule has 4 rings (SSSR count). The van der Waals surface area contributed by atoms with Crippen molar-refractivity contribution in [2.75, 3.05) is 6.54 Å². The van der Waals surface area contributed by atoms with E-state index in [-0.39, 0.29) is 11.7 Å². The highest BCUT2D eigenvalue weighted by Gasteiger charge is 2.15. The van der Waals surface area contributed by atoms with Gasteiger partial charge in [-0.15, -0.1) is 5.10 Å². The summed E-state index contributed by atoms with van der Waals surface area (Å²) in [5.41, 5.74) is 5.21. The average Bonchev–Trinajstić information content (AvgIpc) is 3.41. The zero-order valence-electron chi connectivity index (χ0n) is 19.3. The molecule has 3 aromatic carbocycles. The standard InChI is InChI=1S/C27H29N5O2/c1-2-3-8-26(34)32(18-17-20-11-15-23(33)16-12-20)19-21-9-13-22(14-10-21)24-6-4-5-7-25(24)27-28-30-31-29-27/h4-7,9-16,33H,2-3,8,17-19H2,1H3,(H,28,29,30,31). The number of benzene rings is 3. The molecule has 0 atom stereocenters. The Morgan fingerprint density at radius 2 is 1.65 bits per heavy atom. The van der Waals surface area contributed by atoms with Crippen LogP contribution < -0.4 is 0 Å². The number of hydrogen-bond donors (Lipinski definition) is 2. The number of phenolic OH excluding ortho intramolecular Hbond substituents is 1. The number of H-pyrrole nitrogens is 1. The fourth-order valence-corrected chi connectivity index (χ4v) is 3.93. The van der Waals surface area contributed by atoms with E-state index in [1.165, 1.54) is 0 Å². The number of nitrogens with zero attached hydrogens (tertiary/aromatic N) is 4. The number of aromatic amines is 1. The lowest BCUT2D eigenvalue weighted by molar-refractivity contribution is -0.131. The van der Waals surface area contributed by atoms with Gasteiger partial charge in [0.1, 0.15) is 5.75 Å². The maximum Gasteiger partial charge on any atom is 0.222 e. The summed E-state index contributed by atoms with van der Waals surface area (Å²) in [6.45, 7) is 3.30. The number of rotatable bonds is 10. The molecule has 0 aliphatic heterocycles. The van der Waals surface area contributed by atoms with Gasteiger partial charge in [-0.1, -0.05) is 74.0 Å². The largest absolute Gasteiger partial charge is 0.508 e. The van der Waals surface area contributed by atoms with Crippen LogP contribution in [0.2, 0.25) is 0 Å². The van der Waals surface area contributed by atoms with E-state index in [0.717, 1.165) is 47.1 Å². The van der Waals surface area contributed by atoms with Gasteiger partial charge in [0.05, 0.1) is 0 Å². The van der Waals surface area contributed by atoms with Crippen LogP contribution in [0.5, 0.6) is 5.75 Å². The molecule has 1 amide bonds. The predicted molar refractivity (Wildman–Crippen MR) is 132 cm³/mol. The Hall–Kier alpha value is -4.00. The topological polar surface area (TPSA) is 95.0 Å². The van der Waals surface area contributed by atoms with Crippen LogP contribution >= 0.6 is 0 Å². The molecule has 0 spiro atoms. The van der Waals surface area contributed by atoms with E-state index >= 15 is 0 Å². The minimum atomic E-state index is 0.174. The molecule has 1 aromatic heterocycles. The zero-order chi connectivity index (χ0) is 23.8. The lowest BCUT2D eigenvalue weighted by Crippen LogP contribution is -2.32. The number of nitrogens with one attached hydrogen (secondary N) is 1. The average molecular weight is 456 g/mol. The van der Waals surface area contributed by atoms with Crippen LogP contribution in [-0.2, 0) is 17.8 Å². The van der Waals surface area contributed by atoms with E-state index < -0.39 is 0 Å². The van der Waals surface area contributed by atoms with Gasteiger partial charge in [0.15, 0.2) is 5.82 Å². The van der Waals surface area contributed by atoms with E-state index in [1.54, 1.807) is 12.1 Å². The van der Waals surface area contributed by atoms with E-state index in [0.29, 0.717) is 25.3 Å². The molecule has 0 radical (unpaired) electrons. The molecule has 0 saturated carbocycles. The molecule has 1 heterocycles. The molecule has 0 unspecified atom stereocenters. The van der Waals surface area contributed by atoms with Crippen LogP contribution in [-0.4, -0.2) is 43.1 Å². The van der Waals surface area contributed by atoms with Crippen molar-refractivity contribution in [3.05, 3.63) is 83.9 Å². The van der Waals surface area contributed by atoms with E-state index in [4.69, 9.17) is 0 Å². The van der Waals surface area contributed by atoms with Gasteiger partial charge in [-0.25, -0.2) is 5.10 Å². The summed E-state index contributed by atoms with van der Waals surface area (Å²) in [5.74, 6) is 1.05. The van der Waals surface area contributed by atoms with Gasteiger partial charge in [0.25, 0.3) is 0 Å². The number of phenols is 1. The fraction of sp³-hybridized carbons (Fsp3) is 0.259. The van der Waals surface area contributed by atoms with Gasteiger partial charge in [-0.2, -0.15) is 0 Å². The zero-order valence-corrected chi connectivity index (χ0v) is 19.3. The number of unbranched alkanes of at least 4 members (excludes halogenated alkanes) is 1. The summed E-state index contributed by atoms with van der Waals surface area (Å²) in [4.78, 5) is 14.8. The second-order valence-corrected chi connectivity index (χ2v) is 8.33. The van der Waals surface area contributed by atoms with Crippen LogP contribution in [0.4, 0.5) is 0 Å². The lowest BCUT2D eigenvalue weighted by Gasteiger charge is -2.23. The van der Waals surface area contributed by atoms with Crippen molar-refractivity contribution in [1.82, 2.24) is 25.5 Å². The first-order valence-electron chi connectivity index (χ1n) is 11.6. The Morgan fingerprint density at radius 1 is 0.941 bits per heavy atom. The molecule has 174 valence electrons. The molecular formula is C27H29N5O2. The molecule has 34 heavy (non-hydrogen) atoms. The quantitative estimate of drug-likeness (QED) is 0.351. The van der Waals surface area contributed by atoms with Crippen LogP contribution in [0.15, 0.2) is 72.8 Å².